The van der Waals surface area contributed by atoms with E-state index in [1.807, 2.05) is 30.3 Å². The molecular formula is C19H29NO. The summed E-state index contributed by atoms with van der Waals surface area (Å²) in [6, 6.07) is 10.3. The van der Waals surface area contributed by atoms with Crippen LogP contribution >= 0.6 is 0 Å². The number of aliphatic hydroxyl groups is 1. The largest absolute Gasteiger partial charge is 0.387 e. The summed E-state index contributed by atoms with van der Waals surface area (Å²) in [4.78, 5) is 2.50. The molecule has 1 aromatic rings. The molecular weight excluding hydrogens is 258 g/mol. The highest BCUT2D eigenvalue weighted by atomic mass is 16.3. The normalized spacial score (nSPS) is 25.6. The Morgan fingerprint density at radius 1 is 0.952 bits per heavy atom. The highest BCUT2D eigenvalue weighted by molar-refractivity contribution is 5.18. The van der Waals surface area contributed by atoms with Crippen molar-refractivity contribution in [3.05, 3.63) is 35.9 Å². The Kier molecular flexibility index (Phi) is 4.66. The molecule has 21 heavy (non-hydrogen) atoms. The van der Waals surface area contributed by atoms with Gasteiger partial charge in [0.15, 0.2) is 0 Å². The third-order valence-corrected chi connectivity index (χ3v) is 5.95. The number of nitrogens with zero attached hydrogens (tertiary/aromatic N) is 1. The van der Waals surface area contributed by atoms with Gasteiger partial charge in [0, 0.05) is 6.04 Å². The Morgan fingerprint density at radius 3 is 2.19 bits per heavy atom. The van der Waals surface area contributed by atoms with Crippen molar-refractivity contribution < 1.29 is 5.11 Å². The van der Waals surface area contributed by atoms with Gasteiger partial charge in [-0.25, -0.2) is 0 Å². The molecule has 2 atom stereocenters. The van der Waals surface area contributed by atoms with Crippen molar-refractivity contribution in [1.29, 1.82) is 0 Å². The van der Waals surface area contributed by atoms with E-state index in [1.165, 1.54) is 44.9 Å². The highest BCUT2D eigenvalue weighted by Crippen LogP contribution is 2.45. The first kappa shape index (κ1) is 15.1. The molecule has 1 saturated carbocycles. The molecule has 0 bridgehead atoms. The second kappa shape index (κ2) is 6.50. The Morgan fingerprint density at radius 2 is 1.57 bits per heavy atom. The molecule has 2 nitrogen and oxygen atoms in total. The monoisotopic (exact) mass is 287 g/mol. The Bertz CT molecular complexity index is 428. The fourth-order valence-electron chi connectivity index (χ4n) is 4.34. The number of piperidine rings is 1. The summed E-state index contributed by atoms with van der Waals surface area (Å²) in [6.45, 7) is 4.49. The van der Waals surface area contributed by atoms with Crippen LogP contribution in [-0.2, 0) is 0 Å². The van der Waals surface area contributed by atoms with Crippen LogP contribution in [0.4, 0.5) is 0 Å². The predicted octanol–water partition coefficient (Wildman–Crippen LogP) is 4.15. The zero-order chi connectivity index (χ0) is 14.7. The third kappa shape index (κ3) is 3.32. The van der Waals surface area contributed by atoms with Crippen molar-refractivity contribution in [3.63, 3.8) is 0 Å². The quantitative estimate of drug-likeness (QED) is 0.902. The number of benzene rings is 1. The Balaban J connectivity index is 1.58. The first-order valence-electron chi connectivity index (χ1n) is 8.67. The molecule has 1 aliphatic carbocycles. The van der Waals surface area contributed by atoms with Crippen LogP contribution < -0.4 is 0 Å². The summed E-state index contributed by atoms with van der Waals surface area (Å²) in [6.07, 6.45) is 9.48. The molecule has 2 heteroatoms. The van der Waals surface area contributed by atoms with Crippen LogP contribution in [-0.4, -0.2) is 29.1 Å². The molecule has 2 fully saturated rings. The number of rotatable bonds is 3. The van der Waals surface area contributed by atoms with Crippen LogP contribution in [0.25, 0.3) is 0 Å². The van der Waals surface area contributed by atoms with Gasteiger partial charge in [0.2, 0.25) is 0 Å². The fraction of sp³-hybridized carbons (Fsp3) is 0.684. The van der Waals surface area contributed by atoms with Gasteiger partial charge >= 0.3 is 0 Å². The average Bonchev–Trinajstić information content (AvgIpc) is 2.56. The smallest absolute Gasteiger partial charge is 0.0942 e. The van der Waals surface area contributed by atoms with E-state index in [1.54, 1.807) is 0 Å². The summed E-state index contributed by atoms with van der Waals surface area (Å²) in [7, 11) is 0. The molecule has 1 aliphatic heterocycles. The van der Waals surface area contributed by atoms with E-state index in [2.05, 4.69) is 11.8 Å². The second-order valence-electron chi connectivity index (χ2n) is 7.19. The Labute approximate surface area is 129 Å². The van der Waals surface area contributed by atoms with E-state index >= 15 is 0 Å². The lowest BCUT2D eigenvalue weighted by Gasteiger charge is -2.46. The molecule has 1 saturated heterocycles. The summed E-state index contributed by atoms with van der Waals surface area (Å²) in [5.41, 5.74) is 1.69. The first-order valence-corrected chi connectivity index (χ1v) is 8.67. The lowest BCUT2D eigenvalue weighted by atomic mass is 9.68. The van der Waals surface area contributed by atoms with Gasteiger partial charge < -0.3 is 5.11 Å². The van der Waals surface area contributed by atoms with Crippen LogP contribution in [0.5, 0.6) is 0 Å². The van der Waals surface area contributed by atoms with Gasteiger partial charge in [0.05, 0.1) is 6.10 Å². The molecule has 1 spiro atoms. The van der Waals surface area contributed by atoms with Gasteiger partial charge in [-0.1, -0.05) is 49.6 Å². The molecule has 1 heterocycles. The predicted molar refractivity (Wildman–Crippen MR) is 87.2 cm³/mol. The third-order valence-electron chi connectivity index (χ3n) is 5.95. The number of hydrogen-bond donors (Lipinski definition) is 1. The van der Waals surface area contributed by atoms with E-state index in [0.29, 0.717) is 5.41 Å². The van der Waals surface area contributed by atoms with Crippen molar-refractivity contribution in [2.45, 2.75) is 64.0 Å². The Hall–Kier alpha value is -0.860. The summed E-state index contributed by atoms with van der Waals surface area (Å²) < 4.78 is 0. The van der Waals surface area contributed by atoms with Crippen molar-refractivity contribution in [2.75, 3.05) is 13.1 Å². The van der Waals surface area contributed by atoms with Gasteiger partial charge in [-0.2, -0.15) is 0 Å². The molecule has 0 aromatic heterocycles. The van der Waals surface area contributed by atoms with E-state index in [4.69, 9.17) is 0 Å². The van der Waals surface area contributed by atoms with Crippen molar-refractivity contribution in [2.24, 2.45) is 5.41 Å². The molecule has 1 N–H and O–H groups in total. The first-order chi connectivity index (χ1) is 10.2. The van der Waals surface area contributed by atoms with Gasteiger partial charge in [0.1, 0.15) is 0 Å². The van der Waals surface area contributed by atoms with Crippen LogP contribution in [0.15, 0.2) is 30.3 Å². The minimum absolute atomic E-state index is 0.216. The second-order valence-corrected chi connectivity index (χ2v) is 7.19. The SMILES string of the molecule is CC(C(O)c1ccccc1)N1CCC2(CCCCC2)CC1. The molecule has 1 aromatic carbocycles. The molecule has 2 unspecified atom stereocenters. The standard InChI is InChI=1S/C19H29NO/c1-16(18(21)17-8-4-2-5-9-17)20-14-12-19(13-15-20)10-6-3-7-11-19/h2,4-5,8-9,16,18,21H,3,6-7,10-15H2,1H3. The summed E-state index contributed by atoms with van der Waals surface area (Å²) in [5.74, 6) is 0. The van der Waals surface area contributed by atoms with Crippen LogP contribution in [0.2, 0.25) is 0 Å². The average molecular weight is 287 g/mol. The fourth-order valence-corrected chi connectivity index (χ4v) is 4.34. The van der Waals surface area contributed by atoms with Gasteiger partial charge in [0.25, 0.3) is 0 Å². The molecule has 2 aliphatic rings. The molecule has 116 valence electrons. The number of likely N-dealkylation sites (tertiary alicyclic amines) is 1. The maximum Gasteiger partial charge on any atom is 0.0942 e. The number of aliphatic hydroxyl groups excluding tert-OH is 1. The van der Waals surface area contributed by atoms with Crippen molar-refractivity contribution >= 4 is 0 Å². The topological polar surface area (TPSA) is 23.5 Å². The molecule has 0 radical (unpaired) electrons. The van der Waals surface area contributed by atoms with Crippen LogP contribution in [0.3, 0.4) is 0 Å². The zero-order valence-electron chi connectivity index (χ0n) is 13.3. The lowest BCUT2D eigenvalue weighted by molar-refractivity contribution is 0.00267. The summed E-state index contributed by atoms with van der Waals surface area (Å²) in [5, 5.41) is 10.6. The van der Waals surface area contributed by atoms with Gasteiger partial charge in [-0.05, 0) is 56.7 Å². The van der Waals surface area contributed by atoms with Gasteiger partial charge in [-0.15, -0.1) is 0 Å². The van der Waals surface area contributed by atoms with E-state index in [9.17, 15) is 5.11 Å². The van der Waals surface area contributed by atoms with E-state index < -0.39 is 0 Å². The van der Waals surface area contributed by atoms with E-state index in [0.717, 1.165) is 18.7 Å². The maximum absolute atomic E-state index is 10.6. The molecule has 0 amide bonds. The number of hydrogen-bond acceptors (Lipinski definition) is 2. The van der Waals surface area contributed by atoms with Crippen molar-refractivity contribution in [1.82, 2.24) is 4.90 Å². The molecule has 3 rings (SSSR count). The maximum atomic E-state index is 10.6. The van der Waals surface area contributed by atoms with Crippen LogP contribution in [0, 0.1) is 5.41 Å². The zero-order valence-corrected chi connectivity index (χ0v) is 13.3. The minimum Gasteiger partial charge on any atom is -0.387 e. The minimum atomic E-state index is -0.369. The van der Waals surface area contributed by atoms with Crippen molar-refractivity contribution in [3.8, 4) is 0 Å². The summed E-state index contributed by atoms with van der Waals surface area (Å²) >= 11 is 0. The van der Waals surface area contributed by atoms with E-state index in [-0.39, 0.29) is 12.1 Å². The lowest BCUT2D eigenvalue weighted by Crippen LogP contribution is -2.46. The van der Waals surface area contributed by atoms with Gasteiger partial charge in [-0.3, -0.25) is 4.90 Å². The highest BCUT2D eigenvalue weighted by Gasteiger charge is 2.37. The van der Waals surface area contributed by atoms with Crippen LogP contribution in [0.1, 0.15) is 63.5 Å².